The summed E-state index contributed by atoms with van der Waals surface area (Å²) in [7, 11) is 0. The van der Waals surface area contributed by atoms with Crippen LogP contribution in [0, 0.1) is 11.8 Å². The van der Waals surface area contributed by atoms with E-state index in [-0.39, 0.29) is 11.8 Å². The van der Waals surface area contributed by atoms with Gasteiger partial charge in [-0.15, -0.1) is 0 Å². The zero-order valence-electron chi connectivity index (χ0n) is 11.6. The summed E-state index contributed by atoms with van der Waals surface area (Å²) in [5, 5.41) is 0. The van der Waals surface area contributed by atoms with Crippen LogP contribution >= 0.6 is 0 Å². The Morgan fingerprint density at radius 3 is 2.43 bits per heavy atom. The maximum Gasteiger partial charge on any atom is 0.232 e. The molecule has 4 rings (SSSR count). The second kappa shape index (κ2) is 4.84. The van der Waals surface area contributed by atoms with E-state index in [4.69, 9.17) is 0 Å². The van der Waals surface area contributed by atoms with Crippen molar-refractivity contribution in [1.29, 1.82) is 0 Å². The second-order valence-corrected chi connectivity index (χ2v) is 5.60. The molecule has 0 bridgehead atoms. The summed E-state index contributed by atoms with van der Waals surface area (Å²) in [4.78, 5) is 25.2. The minimum atomic E-state index is 0.0639. The molecule has 0 aliphatic carbocycles. The Labute approximate surface area is 123 Å². The molecule has 1 aromatic heterocycles. The summed E-state index contributed by atoms with van der Waals surface area (Å²) in [5.74, 6) is 1.38. The highest BCUT2D eigenvalue weighted by Crippen LogP contribution is 2.35. The summed E-state index contributed by atoms with van der Waals surface area (Å²) < 4.78 is 0. The molecule has 2 fully saturated rings. The first-order chi connectivity index (χ1) is 10.3. The van der Waals surface area contributed by atoms with E-state index in [1.54, 1.807) is 12.4 Å². The van der Waals surface area contributed by atoms with Crippen molar-refractivity contribution < 1.29 is 4.79 Å². The molecular weight excluding hydrogens is 264 g/mol. The monoisotopic (exact) mass is 280 g/mol. The Hall–Kier alpha value is -2.43. The Morgan fingerprint density at radius 1 is 0.952 bits per heavy atom. The number of anilines is 2. The minimum Gasteiger partial charge on any atom is -0.340 e. The van der Waals surface area contributed by atoms with Crippen LogP contribution in [0.3, 0.4) is 0 Å². The number of hydrogen-bond donors (Lipinski definition) is 0. The maximum absolute atomic E-state index is 12.6. The van der Waals surface area contributed by atoms with Crippen LogP contribution in [0.25, 0.3) is 0 Å². The van der Waals surface area contributed by atoms with E-state index in [1.165, 1.54) is 0 Å². The first-order valence-electron chi connectivity index (χ1n) is 7.21. The Bertz CT molecular complexity index is 646. The molecule has 1 aromatic carbocycles. The van der Waals surface area contributed by atoms with Gasteiger partial charge in [-0.1, -0.05) is 18.2 Å². The quantitative estimate of drug-likeness (QED) is 0.838. The van der Waals surface area contributed by atoms with E-state index in [9.17, 15) is 4.79 Å². The average molecular weight is 280 g/mol. The standard InChI is InChI=1S/C16H16N4O/c21-15-14-11-19(16-17-7-4-8-18-16)9-12(14)10-20(15)13-5-2-1-3-6-13/h1-8,12,14H,9-11H2/t12-,14+/m0/s1. The van der Waals surface area contributed by atoms with Gasteiger partial charge in [-0.2, -0.15) is 0 Å². The zero-order chi connectivity index (χ0) is 14.2. The molecule has 5 heteroatoms. The van der Waals surface area contributed by atoms with E-state index in [0.717, 1.165) is 31.3 Å². The third-order valence-electron chi connectivity index (χ3n) is 4.34. The number of aromatic nitrogens is 2. The predicted molar refractivity (Wildman–Crippen MR) is 80.0 cm³/mol. The molecule has 0 N–H and O–H groups in total. The van der Waals surface area contributed by atoms with Crippen molar-refractivity contribution in [2.24, 2.45) is 11.8 Å². The number of carbonyl (C=O) groups is 1. The SMILES string of the molecule is O=C1[C@@H]2CN(c3ncccn3)C[C@H]2CN1c1ccccc1. The molecule has 1 amide bonds. The first-order valence-corrected chi connectivity index (χ1v) is 7.21. The van der Waals surface area contributed by atoms with E-state index >= 15 is 0 Å². The molecule has 3 heterocycles. The number of carbonyl (C=O) groups excluding carboxylic acids is 1. The van der Waals surface area contributed by atoms with Gasteiger partial charge in [0.1, 0.15) is 0 Å². The lowest BCUT2D eigenvalue weighted by atomic mass is 10.0. The molecule has 2 saturated heterocycles. The van der Waals surface area contributed by atoms with Gasteiger partial charge < -0.3 is 9.80 Å². The van der Waals surface area contributed by atoms with E-state index in [2.05, 4.69) is 14.9 Å². The lowest BCUT2D eigenvalue weighted by molar-refractivity contribution is -0.120. The summed E-state index contributed by atoms with van der Waals surface area (Å²) in [6, 6.07) is 11.7. The number of hydrogen-bond acceptors (Lipinski definition) is 4. The van der Waals surface area contributed by atoms with Crippen LogP contribution in [0.1, 0.15) is 0 Å². The van der Waals surface area contributed by atoms with Crippen molar-refractivity contribution in [3.63, 3.8) is 0 Å². The number of nitrogens with zero attached hydrogens (tertiary/aromatic N) is 4. The topological polar surface area (TPSA) is 49.3 Å². The Kier molecular flexibility index (Phi) is 2.84. The van der Waals surface area contributed by atoms with Crippen LogP contribution in [0.15, 0.2) is 48.8 Å². The van der Waals surface area contributed by atoms with Crippen LogP contribution in [0.2, 0.25) is 0 Å². The fraction of sp³-hybridized carbons (Fsp3) is 0.312. The van der Waals surface area contributed by atoms with E-state index in [1.807, 2.05) is 41.3 Å². The van der Waals surface area contributed by atoms with Gasteiger partial charge in [-0.05, 0) is 18.2 Å². The molecule has 2 aliphatic heterocycles. The van der Waals surface area contributed by atoms with Crippen LogP contribution in [-0.2, 0) is 4.79 Å². The lowest BCUT2D eigenvalue weighted by Crippen LogP contribution is -2.33. The zero-order valence-corrected chi connectivity index (χ0v) is 11.6. The van der Waals surface area contributed by atoms with Crippen molar-refractivity contribution in [2.75, 3.05) is 29.4 Å². The highest BCUT2D eigenvalue weighted by molar-refractivity contribution is 5.98. The third kappa shape index (κ3) is 2.05. The molecular formula is C16H16N4O. The van der Waals surface area contributed by atoms with Crippen LogP contribution in [-0.4, -0.2) is 35.5 Å². The Balaban J connectivity index is 1.53. The van der Waals surface area contributed by atoms with Crippen molar-refractivity contribution in [2.45, 2.75) is 0 Å². The summed E-state index contributed by atoms with van der Waals surface area (Å²) in [6.45, 7) is 2.36. The fourth-order valence-corrected chi connectivity index (χ4v) is 3.32. The molecule has 106 valence electrons. The number of rotatable bonds is 2. The number of para-hydroxylation sites is 1. The Morgan fingerprint density at radius 2 is 1.71 bits per heavy atom. The second-order valence-electron chi connectivity index (χ2n) is 5.60. The van der Waals surface area contributed by atoms with Crippen molar-refractivity contribution in [3.05, 3.63) is 48.8 Å². The van der Waals surface area contributed by atoms with Crippen LogP contribution < -0.4 is 9.80 Å². The van der Waals surface area contributed by atoms with Gasteiger partial charge >= 0.3 is 0 Å². The maximum atomic E-state index is 12.6. The summed E-state index contributed by atoms with van der Waals surface area (Å²) in [6.07, 6.45) is 3.49. The smallest absolute Gasteiger partial charge is 0.232 e. The lowest BCUT2D eigenvalue weighted by Gasteiger charge is -2.21. The number of amides is 1. The highest BCUT2D eigenvalue weighted by Gasteiger charge is 2.47. The molecule has 21 heavy (non-hydrogen) atoms. The van der Waals surface area contributed by atoms with Crippen molar-refractivity contribution in [3.8, 4) is 0 Å². The van der Waals surface area contributed by atoms with Gasteiger partial charge in [-0.3, -0.25) is 4.79 Å². The van der Waals surface area contributed by atoms with Gasteiger partial charge in [0.25, 0.3) is 0 Å². The van der Waals surface area contributed by atoms with Crippen molar-refractivity contribution in [1.82, 2.24) is 9.97 Å². The van der Waals surface area contributed by atoms with Gasteiger partial charge in [0.05, 0.1) is 5.92 Å². The van der Waals surface area contributed by atoms with Gasteiger partial charge in [0, 0.05) is 43.6 Å². The van der Waals surface area contributed by atoms with E-state index < -0.39 is 0 Å². The first kappa shape index (κ1) is 12.3. The van der Waals surface area contributed by atoms with E-state index in [0.29, 0.717) is 5.92 Å². The largest absolute Gasteiger partial charge is 0.340 e. The molecule has 2 aromatic rings. The highest BCUT2D eigenvalue weighted by atomic mass is 16.2. The molecule has 0 unspecified atom stereocenters. The predicted octanol–water partition coefficient (Wildman–Crippen LogP) is 1.58. The normalized spacial score (nSPS) is 24.5. The van der Waals surface area contributed by atoms with Crippen molar-refractivity contribution >= 4 is 17.5 Å². The number of benzene rings is 1. The summed E-state index contributed by atoms with van der Waals surface area (Å²) >= 11 is 0. The third-order valence-corrected chi connectivity index (χ3v) is 4.34. The van der Waals surface area contributed by atoms with Crippen LogP contribution in [0.5, 0.6) is 0 Å². The molecule has 5 nitrogen and oxygen atoms in total. The van der Waals surface area contributed by atoms with Gasteiger partial charge in [-0.25, -0.2) is 9.97 Å². The number of fused-ring (bicyclic) bond motifs is 1. The molecule has 0 spiro atoms. The average Bonchev–Trinajstić information content (AvgIpc) is 3.09. The molecule has 0 saturated carbocycles. The molecule has 2 atom stereocenters. The molecule has 0 radical (unpaired) electrons. The molecule has 2 aliphatic rings. The summed E-state index contributed by atoms with van der Waals surface area (Å²) in [5.41, 5.74) is 0.999. The fourth-order valence-electron chi connectivity index (χ4n) is 3.32. The van der Waals surface area contributed by atoms with Gasteiger partial charge in [0.2, 0.25) is 11.9 Å². The minimum absolute atomic E-state index is 0.0639. The van der Waals surface area contributed by atoms with Crippen LogP contribution in [0.4, 0.5) is 11.6 Å². The van der Waals surface area contributed by atoms with Gasteiger partial charge in [0.15, 0.2) is 0 Å².